The number of hydrogen-bond acceptors (Lipinski definition) is 3. The van der Waals surface area contributed by atoms with Gasteiger partial charge in [-0.1, -0.05) is 20.8 Å². The van der Waals surface area contributed by atoms with E-state index < -0.39 is 0 Å². The molecule has 3 heteroatoms. The number of rotatable bonds is 4. The zero-order chi connectivity index (χ0) is 13.9. The Bertz CT molecular complexity index is 359. The van der Waals surface area contributed by atoms with Crippen molar-refractivity contribution in [2.45, 2.75) is 58.9 Å². The van der Waals surface area contributed by atoms with Gasteiger partial charge in [0.15, 0.2) is 0 Å². The fourth-order valence-corrected chi connectivity index (χ4v) is 4.09. The van der Waals surface area contributed by atoms with Crippen LogP contribution in [0.1, 0.15) is 52.0 Å². The maximum Gasteiger partial charge on any atom is 0.0279 e. The number of hydrazine groups is 1. The SMILES string of the molecule is CC(C)(C)C1CCC(C(Cc2ccsc2)NN)CC1. The predicted molar refractivity (Wildman–Crippen MR) is 84.0 cm³/mol. The van der Waals surface area contributed by atoms with Crippen molar-refractivity contribution in [2.75, 3.05) is 0 Å². The average Bonchev–Trinajstić information content (AvgIpc) is 2.88. The Morgan fingerprint density at radius 3 is 2.47 bits per heavy atom. The summed E-state index contributed by atoms with van der Waals surface area (Å²) in [6.45, 7) is 7.13. The molecule has 108 valence electrons. The van der Waals surface area contributed by atoms with Crippen molar-refractivity contribution in [3.05, 3.63) is 22.4 Å². The normalized spacial score (nSPS) is 26.3. The lowest BCUT2D eigenvalue weighted by atomic mass is 9.68. The third-order valence-corrected chi connectivity index (χ3v) is 5.55. The second-order valence-electron chi connectivity index (χ2n) is 7.09. The number of nitrogens with one attached hydrogen (secondary N) is 1. The zero-order valence-electron chi connectivity index (χ0n) is 12.5. The zero-order valence-corrected chi connectivity index (χ0v) is 13.3. The molecule has 1 aromatic heterocycles. The van der Waals surface area contributed by atoms with Crippen molar-refractivity contribution in [1.29, 1.82) is 0 Å². The molecule has 1 fully saturated rings. The van der Waals surface area contributed by atoms with E-state index in [1.165, 1.54) is 31.2 Å². The highest BCUT2D eigenvalue weighted by atomic mass is 32.1. The van der Waals surface area contributed by atoms with Crippen LogP contribution in [-0.4, -0.2) is 6.04 Å². The summed E-state index contributed by atoms with van der Waals surface area (Å²) >= 11 is 1.77. The minimum absolute atomic E-state index is 0.440. The molecule has 1 aromatic rings. The van der Waals surface area contributed by atoms with Gasteiger partial charge in [0.25, 0.3) is 0 Å². The summed E-state index contributed by atoms with van der Waals surface area (Å²) in [5, 5.41) is 4.39. The molecule has 0 bridgehead atoms. The van der Waals surface area contributed by atoms with Crippen LogP contribution in [0.25, 0.3) is 0 Å². The summed E-state index contributed by atoms with van der Waals surface area (Å²) in [6, 6.07) is 2.66. The molecular weight excluding hydrogens is 252 g/mol. The Balaban J connectivity index is 1.88. The van der Waals surface area contributed by atoms with Crippen LogP contribution < -0.4 is 11.3 Å². The monoisotopic (exact) mass is 280 g/mol. The first-order chi connectivity index (χ1) is 9.00. The van der Waals surface area contributed by atoms with Gasteiger partial charge in [-0.25, -0.2) is 0 Å². The van der Waals surface area contributed by atoms with E-state index in [4.69, 9.17) is 5.84 Å². The van der Waals surface area contributed by atoms with Crippen LogP contribution in [0, 0.1) is 17.3 Å². The molecule has 3 N–H and O–H groups in total. The number of hydrogen-bond donors (Lipinski definition) is 2. The van der Waals surface area contributed by atoms with E-state index in [1.807, 2.05) is 0 Å². The fourth-order valence-electron chi connectivity index (χ4n) is 3.41. The minimum Gasteiger partial charge on any atom is -0.271 e. The third-order valence-electron chi connectivity index (χ3n) is 4.82. The molecule has 0 amide bonds. The van der Waals surface area contributed by atoms with Crippen LogP contribution in [0.15, 0.2) is 16.8 Å². The van der Waals surface area contributed by atoms with Crippen LogP contribution in [0.4, 0.5) is 0 Å². The molecule has 0 spiro atoms. The maximum absolute atomic E-state index is 5.79. The molecule has 19 heavy (non-hydrogen) atoms. The molecule has 0 radical (unpaired) electrons. The number of nitrogens with two attached hydrogens (primary N) is 1. The molecule has 1 heterocycles. The van der Waals surface area contributed by atoms with Gasteiger partial charge >= 0.3 is 0 Å². The summed E-state index contributed by atoms with van der Waals surface area (Å²) in [5.74, 6) is 7.41. The van der Waals surface area contributed by atoms with Crippen LogP contribution in [0.5, 0.6) is 0 Å². The van der Waals surface area contributed by atoms with Crippen molar-refractivity contribution in [3.63, 3.8) is 0 Å². The van der Waals surface area contributed by atoms with Crippen LogP contribution in [-0.2, 0) is 6.42 Å². The largest absolute Gasteiger partial charge is 0.271 e. The van der Waals surface area contributed by atoms with Crippen molar-refractivity contribution < 1.29 is 0 Å². The van der Waals surface area contributed by atoms with Crippen molar-refractivity contribution in [3.8, 4) is 0 Å². The highest BCUT2D eigenvalue weighted by Crippen LogP contribution is 2.40. The van der Waals surface area contributed by atoms with E-state index in [0.29, 0.717) is 11.5 Å². The van der Waals surface area contributed by atoms with Crippen LogP contribution in [0.3, 0.4) is 0 Å². The van der Waals surface area contributed by atoms with Gasteiger partial charge in [-0.2, -0.15) is 11.3 Å². The van der Waals surface area contributed by atoms with E-state index in [0.717, 1.165) is 18.3 Å². The topological polar surface area (TPSA) is 38.0 Å². The lowest BCUT2D eigenvalue weighted by molar-refractivity contribution is 0.132. The van der Waals surface area contributed by atoms with E-state index >= 15 is 0 Å². The van der Waals surface area contributed by atoms with E-state index in [-0.39, 0.29) is 0 Å². The standard InChI is InChI=1S/C16H28N2S/c1-16(2,3)14-6-4-13(5-7-14)15(18-17)10-12-8-9-19-11-12/h8-9,11,13-15,18H,4-7,10,17H2,1-3H3. The average molecular weight is 280 g/mol. The van der Waals surface area contributed by atoms with Crippen molar-refractivity contribution in [1.82, 2.24) is 5.43 Å². The molecular formula is C16H28N2S. The lowest BCUT2D eigenvalue weighted by Crippen LogP contribution is -2.44. The van der Waals surface area contributed by atoms with E-state index in [9.17, 15) is 0 Å². The van der Waals surface area contributed by atoms with Gasteiger partial charge < -0.3 is 0 Å². The van der Waals surface area contributed by atoms with E-state index in [1.54, 1.807) is 11.3 Å². The molecule has 1 aliphatic rings. The quantitative estimate of drug-likeness (QED) is 0.647. The Morgan fingerprint density at radius 1 is 1.32 bits per heavy atom. The first-order valence-corrected chi connectivity index (χ1v) is 8.42. The van der Waals surface area contributed by atoms with Crippen molar-refractivity contribution in [2.24, 2.45) is 23.1 Å². The molecule has 1 atom stereocenters. The van der Waals surface area contributed by atoms with Gasteiger partial charge in [-0.05, 0) is 71.7 Å². The summed E-state index contributed by atoms with van der Waals surface area (Å²) in [4.78, 5) is 0. The van der Waals surface area contributed by atoms with Gasteiger partial charge in [0, 0.05) is 6.04 Å². The van der Waals surface area contributed by atoms with Crippen LogP contribution >= 0.6 is 11.3 Å². The highest BCUT2D eigenvalue weighted by Gasteiger charge is 2.32. The lowest BCUT2D eigenvalue weighted by Gasteiger charge is -2.39. The first kappa shape index (κ1) is 15.0. The number of thiophene rings is 1. The second-order valence-corrected chi connectivity index (χ2v) is 7.87. The smallest absolute Gasteiger partial charge is 0.0279 e. The van der Waals surface area contributed by atoms with Crippen molar-refractivity contribution >= 4 is 11.3 Å². The second kappa shape index (κ2) is 6.38. The predicted octanol–water partition coefficient (Wildman–Crippen LogP) is 3.98. The third kappa shape index (κ3) is 4.04. The Morgan fingerprint density at radius 2 is 2.00 bits per heavy atom. The van der Waals surface area contributed by atoms with E-state index in [2.05, 4.69) is 43.0 Å². The molecule has 2 nitrogen and oxygen atoms in total. The van der Waals surface area contributed by atoms with Gasteiger partial charge in [0.2, 0.25) is 0 Å². The summed E-state index contributed by atoms with van der Waals surface area (Å²) in [6.07, 6.45) is 6.43. The fraction of sp³-hybridized carbons (Fsp3) is 0.750. The molecule has 1 unspecified atom stereocenters. The summed E-state index contributed by atoms with van der Waals surface area (Å²) in [5.41, 5.74) is 4.95. The highest BCUT2D eigenvalue weighted by molar-refractivity contribution is 7.07. The first-order valence-electron chi connectivity index (χ1n) is 7.48. The molecule has 1 saturated carbocycles. The Labute approximate surface area is 121 Å². The minimum atomic E-state index is 0.440. The van der Waals surface area contributed by atoms with Gasteiger partial charge in [-0.15, -0.1) is 0 Å². The van der Waals surface area contributed by atoms with Crippen LogP contribution in [0.2, 0.25) is 0 Å². The molecule has 0 aliphatic heterocycles. The molecule has 1 aliphatic carbocycles. The molecule has 2 rings (SSSR count). The summed E-state index contributed by atoms with van der Waals surface area (Å²) < 4.78 is 0. The molecule has 0 saturated heterocycles. The Hall–Kier alpha value is -0.380. The molecule has 0 aromatic carbocycles. The van der Waals surface area contributed by atoms with Gasteiger partial charge in [0.05, 0.1) is 0 Å². The summed E-state index contributed by atoms with van der Waals surface area (Å²) in [7, 11) is 0. The van der Waals surface area contributed by atoms with Gasteiger partial charge in [-0.3, -0.25) is 11.3 Å². The maximum atomic E-state index is 5.79. The van der Waals surface area contributed by atoms with Gasteiger partial charge in [0.1, 0.15) is 0 Å². The Kier molecular flexibility index (Phi) is 5.04.